The van der Waals surface area contributed by atoms with Crippen molar-refractivity contribution in [1.29, 1.82) is 0 Å². The molecule has 88 valence electrons. The molecule has 1 aliphatic rings. The van der Waals surface area contributed by atoms with Gasteiger partial charge in [0.25, 0.3) is 0 Å². The van der Waals surface area contributed by atoms with Crippen molar-refractivity contribution in [3.05, 3.63) is 22.4 Å². The van der Waals surface area contributed by atoms with Crippen molar-refractivity contribution in [3.63, 3.8) is 0 Å². The van der Waals surface area contributed by atoms with Crippen LogP contribution in [-0.2, 0) is 4.79 Å². The third-order valence-electron chi connectivity index (χ3n) is 3.29. The van der Waals surface area contributed by atoms with E-state index in [9.17, 15) is 9.90 Å². The second kappa shape index (κ2) is 4.97. The van der Waals surface area contributed by atoms with Crippen LogP contribution in [0.4, 0.5) is 0 Å². The molecule has 0 bridgehead atoms. The van der Waals surface area contributed by atoms with Crippen LogP contribution < -0.4 is 0 Å². The summed E-state index contributed by atoms with van der Waals surface area (Å²) in [5, 5.41) is 13.4. The minimum atomic E-state index is -0.690. The maximum absolute atomic E-state index is 11.2. The molecule has 1 aliphatic heterocycles. The van der Waals surface area contributed by atoms with E-state index in [0.29, 0.717) is 12.5 Å². The van der Waals surface area contributed by atoms with Crippen LogP contribution in [0.2, 0.25) is 0 Å². The van der Waals surface area contributed by atoms with Crippen LogP contribution in [0.25, 0.3) is 0 Å². The third kappa shape index (κ3) is 2.13. The van der Waals surface area contributed by atoms with Crippen LogP contribution in [0.3, 0.4) is 0 Å². The van der Waals surface area contributed by atoms with Gasteiger partial charge in [-0.2, -0.15) is 11.3 Å². The topological polar surface area (TPSA) is 40.5 Å². The molecule has 1 fully saturated rings. The van der Waals surface area contributed by atoms with E-state index in [-0.39, 0.29) is 6.04 Å². The summed E-state index contributed by atoms with van der Waals surface area (Å²) in [6.07, 6.45) is 2.86. The Kier molecular flexibility index (Phi) is 3.61. The number of carboxylic acid groups (broad SMARTS) is 1. The van der Waals surface area contributed by atoms with Gasteiger partial charge < -0.3 is 5.11 Å². The highest BCUT2D eigenvalue weighted by Crippen LogP contribution is 2.35. The lowest BCUT2D eigenvalue weighted by molar-refractivity contribution is -0.143. The van der Waals surface area contributed by atoms with Crippen molar-refractivity contribution in [1.82, 2.24) is 4.90 Å². The highest BCUT2D eigenvalue weighted by Gasteiger charge is 2.34. The number of carbonyl (C=O) groups is 1. The fourth-order valence-electron chi connectivity index (χ4n) is 2.54. The van der Waals surface area contributed by atoms with Crippen LogP contribution >= 0.6 is 11.3 Å². The average Bonchev–Trinajstić information content (AvgIpc) is 2.86. The van der Waals surface area contributed by atoms with E-state index in [0.717, 1.165) is 19.4 Å². The van der Waals surface area contributed by atoms with Gasteiger partial charge in [0.05, 0.1) is 0 Å². The number of carboxylic acids is 1. The third-order valence-corrected chi connectivity index (χ3v) is 4.00. The van der Waals surface area contributed by atoms with E-state index >= 15 is 0 Å². The van der Waals surface area contributed by atoms with Crippen LogP contribution in [0.15, 0.2) is 16.8 Å². The highest BCUT2D eigenvalue weighted by atomic mass is 32.1. The lowest BCUT2D eigenvalue weighted by atomic mass is 10.1. The summed E-state index contributed by atoms with van der Waals surface area (Å²) >= 11 is 1.68. The lowest BCUT2D eigenvalue weighted by Crippen LogP contribution is -2.40. The predicted octanol–water partition coefficient (Wildman–Crippen LogP) is 2.75. The highest BCUT2D eigenvalue weighted by molar-refractivity contribution is 7.07. The Morgan fingerprint density at radius 2 is 2.56 bits per heavy atom. The molecule has 1 aromatic heterocycles. The Morgan fingerprint density at radius 1 is 1.75 bits per heavy atom. The first-order chi connectivity index (χ1) is 7.74. The Labute approximate surface area is 99.7 Å². The van der Waals surface area contributed by atoms with Crippen LogP contribution in [-0.4, -0.2) is 28.6 Å². The van der Waals surface area contributed by atoms with E-state index in [1.807, 2.05) is 6.92 Å². The zero-order valence-electron chi connectivity index (χ0n) is 9.43. The molecule has 16 heavy (non-hydrogen) atoms. The summed E-state index contributed by atoms with van der Waals surface area (Å²) in [4.78, 5) is 13.3. The number of rotatable bonds is 4. The van der Waals surface area contributed by atoms with Crippen molar-refractivity contribution < 1.29 is 9.90 Å². The number of nitrogens with zero attached hydrogens (tertiary/aromatic N) is 1. The van der Waals surface area contributed by atoms with Crippen molar-refractivity contribution in [3.8, 4) is 0 Å². The predicted molar refractivity (Wildman–Crippen MR) is 64.7 cm³/mol. The first-order valence-corrected chi connectivity index (χ1v) is 6.69. The molecule has 0 amide bonds. The molecule has 2 rings (SSSR count). The van der Waals surface area contributed by atoms with E-state index < -0.39 is 5.97 Å². The Hall–Kier alpha value is -0.870. The van der Waals surface area contributed by atoms with Gasteiger partial charge in [0.1, 0.15) is 6.04 Å². The number of hydrogen-bond acceptors (Lipinski definition) is 3. The van der Waals surface area contributed by atoms with Crippen molar-refractivity contribution in [2.24, 2.45) is 0 Å². The fourth-order valence-corrected chi connectivity index (χ4v) is 3.24. The van der Waals surface area contributed by atoms with Crippen molar-refractivity contribution in [2.45, 2.75) is 38.3 Å². The Morgan fingerprint density at radius 3 is 3.12 bits per heavy atom. The molecule has 1 saturated heterocycles. The smallest absolute Gasteiger partial charge is 0.320 e. The van der Waals surface area contributed by atoms with E-state index in [1.165, 1.54) is 5.56 Å². The maximum atomic E-state index is 11.2. The van der Waals surface area contributed by atoms with Gasteiger partial charge in [-0.25, -0.2) is 0 Å². The number of aliphatic carboxylic acids is 1. The average molecular weight is 239 g/mol. The van der Waals surface area contributed by atoms with Gasteiger partial charge >= 0.3 is 5.97 Å². The number of hydrogen-bond donors (Lipinski definition) is 1. The van der Waals surface area contributed by atoms with Gasteiger partial charge in [-0.15, -0.1) is 0 Å². The normalized spacial score (nSPS) is 23.4. The summed E-state index contributed by atoms with van der Waals surface area (Å²) in [6.45, 7) is 2.85. The molecule has 0 aliphatic carbocycles. The van der Waals surface area contributed by atoms with Crippen LogP contribution in [0.1, 0.15) is 37.8 Å². The molecule has 0 saturated carbocycles. The monoisotopic (exact) mass is 239 g/mol. The molecular weight excluding hydrogens is 222 g/mol. The molecule has 1 aromatic rings. The van der Waals surface area contributed by atoms with Gasteiger partial charge in [-0.3, -0.25) is 9.69 Å². The van der Waals surface area contributed by atoms with Gasteiger partial charge in [0.2, 0.25) is 0 Å². The maximum Gasteiger partial charge on any atom is 0.320 e. The second-order valence-electron chi connectivity index (χ2n) is 4.21. The Balaban J connectivity index is 2.17. The zero-order valence-corrected chi connectivity index (χ0v) is 10.2. The Bertz CT molecular complexity index is 350. The number of thiophene rings is 1. The van der Waals surface area contributed by atoms with Gasteiger partial charge in [0.15, 0.2) is 0 Å². The SMILES string of the molecule is CCC(C(=O)O)N1CCCC1c1ccsc1. The second-order valence-corrected chi connectivity index (χ2v) is 4.99. The molecule has 0 radical (unpaired) electrons. The van der Waals surface area contributed by atoms with Crippen LogP contribution in [0, 0.1) is 0 Å². The van der Waals surface area contributed by atoms with Gasteiger partial charge in [0, 0.05) is 6.04 Å². The summed E-state index contributed by atoms with van der Waals surface area (Å²) < 4.78 is 0. The number of likely N-dealkylation sites (tertiary alicyclic amines) is 1. The minimum absolute atomic E-state index is 0.312. The zero-order chi connectivity index (χ0) is 11.5. The molecule has 2 unspecified atom stereocenters. The first-order valence-electron chi connectivity index (χ1n) is 5.74. The molecule has 2 heterocycles. The molecular formula is C12H17NO2S. The summed E-state index contributed by atoms with van der Waals surface area (Å²) in [7, 11) is 0. The summed E-state index contributed by atoms with van der Waals surface area (Å²) in [5.41, 5.74) is 1.28. The van der Waals surface area contributed by atoms with Crippen molar-refractivity contribution in [2.75, 3.05) is 6.54 Å². The minimum Gasteiger partial charge on any atom is -0.480 e. The van der Waals surface area contributed by atoms with Gasteiger partial charge in [-0.1, -0.05) is 6.92 Å². The molecule has 2 atom stereocenters. The lowest BCUT2D eigenvalue weighted by Gasteiger charge is -2.29. The molecule has 0 aromatic carbocycles. The summed E-state index contributed by atoms with van der Waals surface area (Å²) in [5.74, 6) is -0.690. The van der Waals surface area contributed by atoms with E-state index in [2.05, 4.69) is 21.7 Å². The quantitative estimate of drug-likeness (QED) is 0.878. The standard InChI is InChI=1S/C12H17NO2S/c1-2-10(12(14)15)13-6-3-4-11(13)9-5-7-16-8-9/h5,7-8,10-11H,2-4,6H2,1H3,(H,14,15). The fraction of sp³-hybridized carbons (Fsp3) is 0.583. The summed E-state index contributed by atoms with van der Waals surface area (Å²) in [6, 6.07) is 2.10. The van der Waals surface area contributed by atoms with Crippen molar-refractivity contribution >= 4 is 17.3 Å². The largest absolute Gasteiger partial charge is 0.480 e. The molecule has 4 heteroatoms. The van der Waals surface area contributed by atoms with Crippen LogP contribution in [0.5, 0.6) is 0 Å². The first kappa shape index (κ1) is 11.6. The molecule has 1 N–H and O–H groups in total. The van der Waals surface area contributed by atoms with E-state index in [4.69, 9.17) is 0 Å². The van der Waals surface area contributed by atoms with E-state index in [1.54, 1.807) is 11.3 Å². The van der Waals surface area contributed by atoms with Gasteiger partial charge in [-0.05, 0) is 48.2 Å². The molecule has 0 spiro atoms. The molecule has 3 nitrogen and oxygen atoms in total.